The maximum absolute atomic E-state index is 11.7. The molecule has 94 valence electrons. The Hall–Kier alpha value is -1.69. The van der Waals surface area contributed by atoms with Crippen molar-refractivity contribution in [2.24, 2.45) is 5.92 Å². The minimum Gasteiger partial charge on any atom is -0.356 e. The number of halogens is 1. The summed E-state index contributed by atoms with van der Waals surface area (Å²) in [5, 5.41) is 8.13. The summed E-state index contributed by atoms with van der Waals surface area (Å²) < 4.78 is 1.72. The van der Waals surface area contributed by atoms with Crippen molar-refractivity contribution in [1.29, 1.82) is 0 Å². The Kier molecular flexibility index (Phi) is 2.87. The normalized spacial score (nSPS) is 20.1. The van der Waals surface area contributed by atoms with E-state index >= 15 is 0 Å². The first kappa shape index (κ1) is 11.4. The molecule has 1 amide bonds. The number of carbonyl (C=O) groups is 1. The van der Waals surface area contributed by atoms with Gasteiger partial charge < -0.3 is 5.32 Å². The van der Waals surface area contributed by atoms with Crippen LogP contribution in [0.25, 0.3) is 11.0 Å². The van der Waals surface area contributed by atoms with Crippen LogP contribution in [0.4, 0.5) is 0 Å². The van der Waals surface area contributed by atoms with Crippen LogP contribution >= 0.6 is 11.6 Å². The molecule has 18 heavy (non-hydrogen) atoms. The Bertz CT molecular complexity index is 596. The molecule has 2 aromatic rings. The number of fused-ring (bicyclic) bond motifs is 1. The van der Waals surface area contributed by atoms with Gasteiger partial charge in [-0.1, -0.05) is 0 Å². The minimum atomic E-state index is -0.0457. The van der Waals surface area contributed by atoms with E-state index in [0.717, 1.165) is 24.8 Å². The standard InChI is InChI=1S/C11H12ClN5O/c12-11-14-4-8-5-15-17(9(8)16-11)6-7-2-1-3-13-10(7)18/h4-5,7H,1-3,6H2,(H,13,18). The Balaban J connectivity index is 1.90. The fourth-order valence-electron chi connectivity index (χ4n) is 2.20. The number of piperidine rings is 1. The Morgan fingerprint density at radius 3 is 3.22 bits per heavy atom. The first-order valence-electron chi connectivity index (χ1n) is 5.86. The van der Waals surface area contributed by atoms with Gasteiger partial charge >= 0.3 is 0 Å². The highest BCUT2D eigenvalue weighted by atomic mass is 35.5. The van der Waals surface area contributed by atoms with Gasteiger partial charge in [-0.3, -0.25) is 4.79 Å². The van der Waals surface area contributed by atoms with Gasteiger partial charge in [-0.25, -0.2) is 9.67 Å². The number of amides is 1. The number of hydrogen-bond acceptors (Lipinski definition) is 4. The summed E-state index contributed by atoms with van der Waals surface area (Å²) in [6, 6.07) is 0. The van der Waals surface area contributed by atoms with E-state index in [0.29, 0.717) is 12.2 Å². The third kappa shape index (κ3) is 2.03. The summed E-state index contributed by atoms with van der Waals surface area (Å²) in [5.41, 5.74) is 0.674. The fourth-order valence-corrected chi connectivity index (χ4v) is 2.33. The number of nitrogens with zero attached hydrogens (tertiary/aromatic N) is 4. The second-order valence-electron chi connectivity index (χ2n) is 4.37. The molecule has 2 aromatic heterocycles. The second-order valence-corrected chi connectivity index (χ2v) is 4.71. The number of hydrogen-bond donors (Lipinski definition) is 1. The van der Waals surface area contributed by atoms with E-state index in [2.05, 4.69) is 20.4 Å². The average molecular weight is 266 g/mol. The third-order valence-corrected chi connectivity index (χ3v) is 3.32. The van der Waals surface area contributed by atoms with E-state index in [4.69, 9.17) is 11.6 Å². The molecule has 7 heteroatoms. The van der Waals surface area contributed by atoms with E-state index in [9.17, 15) is 4.79 Å². The summed E-state index contributed by atoms with van der Waals surface area (Å²) in [4.78, 5) is 19.8. The van der Waals surface area contributed by atoms with E-state index in [1.807, 2.05) is 0 Å². The van der Waals surface area contributed by atoms with Crippen molar-refractivity contribution in [3.8, 4) is 0 Å². The molecule has 0 radical (unpaired) electrons. The lowest BCUT2D eigenvalue weighted by molar-refractivity contribution is -0.127. The van der Waals surface area contributed by atoms with Crippen LogP contribution in [-0.4, -0.2) is 32.2 Å². The molecule has 1 aliphatic heterocycles. The van der Waals surface area contributed by atoms with Crippen LogP contribution in [0, 0.1) is 5.92 Å². The maximum Gasteiger partial charge on any atom is 0.224 e. The van der Waals surface area contributed by atoms with Crippen LogP contribution in [0.5, 0.6) is 0 Å². The molecule has 1 aliphatic rings. The SMILES string of the molecule is O=C1NCCCC1Cn1ncc2cnc(Cl)nc21. The Labute approximate surface area is 108 Å². The van der Waals surface area contributed by atoms with Crippen molar-refractivity contribution in [2.75, 3.05) is 6.54 Å². The molecule has 3 rings (SSSR count). The van der Waals surface area contributed by atoms with Gasteiger partial charge in [-0.15, -0.1) is 0 Å². The van der Waals surface area contributed by atoms with Crippen LogP contribution in [0.3, 0.4) is 0 Å². The predicted octanol–water partition coefficient (Wildman–Crippen LogP) is 1.01. The summed E-state index contributed by atoms with van der Waals surface area (Å²) in [7, 11) is 0. The molecule has 0 aliphatic carbocycles. The smallest absolute Gasteiger partial charge is 0.224 e. The van der Waals surface area contributed by atoms with Gasteiger partial charge in [0.1, 0.15) is 0 Å². The van der Waals surface area contributed by atoms with Crippen LogP contribution in [0.15, 0.2) is 12.4 Å². The molecule has 1 saturated heterocycles. The Morgan fingerprint density at radius 1 is 1.50 bits per heavy atom. The number of aromatic nitrogens is 4. The van der Waals surface area contributed by atoms with Crippen molar-refractivity contribution in [1.82, 2.24) is 25.1 Å². The quantitative estimate of drug-likeness (QED) is 0.823. The molecule has 1 atom stereocenters. The third-order valence-electron chi connectivity index (χ3n) is 3.14. The van der Waals surface area contributed by atoms with Crippen molar-refractivity contribution in [2.45, 2.75) is 19.4 Å². The highest BCUT2D eigenvalue weighted by molar-refractivity contribution is 6.28. The van der Waals surface area contributed by atoms with E-state index in [-0.39, 0.29) is 17.1 Å². The summed E-state index contributed by atoms with van der Waals surface area (Å²) in [5.74, 6) is 0.0423. The van der Waals surface area contributed by atoms with Gasteiger partial charge in [0.25, 0.3) is 0 Å². The molecule has 1 N–H and O–H groups in total. The summed E-state index contributed by atoms with van der Waals surface area (Å²) in [6.07, 6.45) is 5.21. The molecule has 0 saturated carbocycles. The molecular weight excluding hydrogens is 254 g/mol. The lowest BCUT2D eigenvalue weighted by atomic mass is 9.99. The van der Waals surface area contributed by atoms with Gasteiger partial charge in [0.2, 0.25) is 11.2 Å². The van der Waals surface area contributed by atoms with Crippen LogP contribution in [0.2, 0.25) is 5.28 Å². The zero-order valence-electron chi connectivity index (χ0n) is 9.64. The molecule has 0 aromatic carbocycles. The zero-order valence-corrected chi connectivity index (χ0v) is 10.4. The van der Waals surface area contributed by atoms with Crippen molar-refractivity contribution >= 4 is 28.5 Å². The molecule has 6 nitrogen and oxygen atoms in total. The number of rotatable bonds is 2. The van der Waals surface area contributed by atoms with Crippen LogP contribution < -0.4 is 5.32 Å². The summed E-state index contributed by atoms with van der Waals surface area (Å²) >= 11 is 5.78. The van der Waals surface area contributed by atoms with Crippen LogP contribution in [0.1, 0.15) is 12.8 Å². The predicted molar refractivity (Wildman–Crippen MR) is 66.1 cm³/mol. The van der Waals surface area contributed by atoms with E-state index in [1.54, 1.807) is 17.1 Å². The lowest BCUT2D eigenvalue weighted by Crippen LogP contribution is -2.38. The van der Waals surface area contributed by atoms with Gasteiger partial charge in [-0.05, 0) is 24.4 Å². The highest BCUT2D eigenvalue weighted by Gasteiger charge is 2.23. The van der Waals surface area contributed by atoms with Crippen molar-refractivity contribution in [3.05, 3.63) is 17.7 Å². The van der Waals surface area contributed by atoms with Gasteiger partial charge in [-0.2, -0.15) is 10.1 Å². The van der Waals surface area contributed by atoms with Gasteiger partial charge in [0.05, 0.1) is 24.0 Å². The van der Waals surface area contributed by atoms with Gasteiger partial charge in [0, 0.05) is 12.7 Å². The minimum absolute atomic E-state index is 0.0457. The van der Waals surface area contributed by atoms with Crippen molar-refractivity contribution < 1.29 is 4.79 Å². The first-order valence-corrected chi connectivity index (χ1v) is 6.23. The first-order chi connectivity index (χ1) is 8.74. The van der Waals surface area contributed by atoms with E-state index in [1.165, 1.54) is 0 Å². The average Bonchev–Trinajstić information content (AvgIpc) is 2.75. The molecule has 1 fully saturated rings. The maximum atomic E-state index is 11.7. The lowest BCUT2D eigenvalue weighted by Gasteiger charge is -2.21. The highest BCUT2D eigenvalue weighted by Crippen LogP contribution is 2.17. The molecule has 0 bridgehead atoms. The number of nitrogens with one attached hydrogen (secondary N) is 1. The molecule has 3 heterocycles. The molecule has 0 spiro atoms. The van der Waals surface area contributed by atoms with Crippen molar-refractivity contribution in [3.63, 3.8) is 0 Å². The molecular formula is C11H12ClN5O. The monoisotopic (exact) mass is 265 g/mol. The largest absolute Gasteiger partial charge is 0.356 e. The Morgan fingerprint density at radius 2 is 2.39 bits per heavy atom. The zero-order chi connectivity index (χ0) is 12.5. The second kappa shape index (κ2) is 4.53. The summed E-state index contributed by atoms with van der Waals surface area (Å²) in [6.45, 7) is 1.30. The van der Waals surface area contributed by atoms with E-state index < -0.39 is 0 Å². The van der Waals surface area contributed by atoms with Gasteiger partial charge in [0.15, 0.2) is 5.65 Å². The number of carbonyl (C=O) groups excluding carboxylic acids is 1. The fraction of sp³-hybridized carbons (Fsp3) is 0.455. The topological polar surface area (TPSA) is 72.7 Å². The van der Waals surface area contributed by atoms with Crippen LogP contribution in [-0.2, 0) is 11.3 Å². The molecule has 1 unspecified atom stereocenters.